The van der Waals surface area contributed by atoms with Gasteiger partial charge in [0.25, 0.3) is 0 Å². The third kappa shape index (κ3) is 5.35. The summed E-state index contributed by atoms with van der Waals surface area (Å²) in [4.78, 5) is 23.9. The van der Waals surface area contributed by atoms with E-state index in [4.69, 9.17) is 4.74 Å². The summed E-state index contributed by atoms with van der Waals surface area (Å²) in [5.41, 5.74) is 1.63. The molecule has 0 aliphatic rings. The minimum Gasteiger partial charge on any atom is -0.480 e. The summed E-state index contributed by atoms with van der Waals surface area (Å²) in [5, 5.41) is 12.2. The molecule has 5 heteroatoms. The molecule has 0 aromatic heterocycles. The van der Waals surface area contributed by atoms with Crippen molar-refractivity contribution in [1.82, 2.24) is 5.32 Å². The van der Waals surface area contributed by atoms with Crippen molar-refractivity contribution >= 4 is 12.1 Å². The van der Waals surface area contributed by atoms with Crippen LogP contribution in [-0.4, -0.2) is 29.8 Å². The van der Waals surface area contributed by atoms with Gasteiger partial charge in [-0.1, -0.05) is 74.0 Å². The van der Waals surface area contributed by atoms with Crippen LogP contribution in [0, 0.1) is 0 Å². The minimum atomic E-state index is -1.13. The summed E-state index contributed by atoms with van der Waals surface area (Å²) >= 11 is 0. The van der Waals surface area contributed by atoms with Gasteiger partial charge >= 0.3 is 12.1 Å². The van der Waals surface area contributed by atoms with Crippen LogP contribution in [0.1, 0.15) is 36.8 Å². The topological polar surface area (TPSA) is 75.6 Å². The molecule has 0 radical (unpaired) electrons. The van der Waals surface area contributed by atoms with E-state index in [-0.39, 0.29) is 6.61 Å². The molecule has 0 fully saturated rings. The largest absolute Gasteiger partial charge is 0.480 e. The molecule has 2 rings (SSSR count). The summed E-state index contributed by atoms with van der Waals surface area (Å²) in [6, 6.07) is 17.5. The Labute approximate surface area is 147 Å². The third-order valence-corrected chi connectivity index (χ3v) is 3.92. The fourth-order valence-electron chi connectivity index (χ4n) is 2.66. The Hall–Kier alpha value is -2.82. The maximum absolute atomic E-state index is 12.0. The molecule has 2 aromatic carbocycles. The van der Waals surface area contributed by atoms with Crippen LogP contribution in [0.2, 0.25) is 0 Å². The minimum absolute atomic E-state index is 0.274. The number of unbranched alkanes of at least 4 members (excludes halogenated alkanes) is 1. The maximum Gasteiger partial charge on any atom is 0.407 e. The van der Waals surface area contributed by atoms with Gasteiger partial charge < -0.3 is 15.2 Å². The van der Waals surface area contributed by atoms with Crippen LogP contribution in [0.5, 0.6) is 0 Å². The Kier molecular flexibility index (Phi) is 7.01. The molecular formula is C20H23NO4. The Balaban J connectivity index is 2.29. The first-order valence-electron chi connectivity index (χ1n) is 8.39. The number of aliphatic carboxylic acids is 1. The average molecular weight is 341 g/mol. The smallest absolute Gasteiger partial charge is 0.407 e. The summed E-state index contributed by atoms with van der Waals surface area (Å²) in [5.74, 6) is -1.62. The molecule has 25 heavy (non-hydrogen) atoms. The second-order valence-corrected chi connectivity index (χ2v) is 5.75. The molecule has 1 amide bonds. The Morgan fingerprint density at radius 3 is 1.96 bits per heavy atom. The van der Waals surface area contributed by atoms with Crippen molar-refractivity contribution in [2.24, 2.45) is 0 Å². The first kappa shape index (κ1) is 18.5. The van der Waals surface area contributed by atoms with Gasteiger partial charge in [-0.3, -0.25) is 0 Å². The van der Waals surface area contributed by atoms with Crippen LogP contribution in [-0.2, 0) is 9.53 Å². The fraction of sp³-hybridized carbons (Fsp3) is 0.300. The monoisotopic (exact) mass is 341 g/mol. The van der Waals surface area contributed by atoms with Gasteiger partial charge in [0.05, 0.1) is 6.61 Å². The van der Waals surface area contributed by atoms with Gasteiger partial charge in [0, 0.05) is 5.92 Å². The highest BCUT2D eigenvalue weighted by atomic mass is 16.5. The number of amides is 1. The standard InChI is InChI=1S/C20H23NO4/c1-2-3-14-25-20(24)21-18(19(22)23)17(15-10-6-4-7-11-15)16-12-8-5-9-13-16/h4-13,17-18H,2-3,14H2,1H3,(H,21,24)(H,22,23). The van der Waals surface area contributed by atoms with Gasteiger partial charge in [-0.25, -0.2) is 9.59 Å². The number of hydrogen-bond acceptors (Lipinski definition) is 3. The van der Waals surface area contributed by atoms with Crippen molar-refractivity contribution in [2.75, 3.05) is 6.61 Å². The number of carboxylic acid groups (broad SMARTS) is 1. The highest BCUT2D eigenvalue weighted by molar-refractivity contribution is 5.81. The van der Waals surface area contributed by atoms with Gasteiger partial charge in [0.2, 0.25) is 0 Å². The van der Waals surface area contributed by atoms with E-state index in [1.165, 1.54) is 0 Å². The van der Waals surface area contributed by atoms with Gasteiger partial charge in [-0.15, -0.1) is 0 Å². The summed E-state index contributed by atoms with van der Waals surface area (Å²) < 4.78 is 5.07. The molecular weight excluding hydrogens is 318 g/mol. The molecule has 2 N–H and O–H groups in total. The number of benzene rings is 2. The number of carboxylic acids is 1. The average Bonchev–Trinajstić information content (AvgIpc) is 2.63. The van der Waals surface area contributed by atoms with E-state index in [2.05, 4.69) is 5.32 Å². The highest BCUT2D eigenvalue weighted by Gasteiger charge is 2.32. The van der Waals surface area contributed by atoms with E-state index in [1.807, 2.05) is 67.6 Å². The molecule has 0 saturated carbocycles. The number of hydrogen-bond donors (Lipinski definition) is 2. The van der Waals surface area contributed by atoms with Crippen LogP contribution in [0.3, 0.4) is 0 Å². The lowest BCUT2D eigenvalue weighted by Gasteiger charge is -2.25. The van der Waals surface area contributed by atoms with Gasteiger partial charge in [-0.2, -0.15) is 0 Å². The quantitative estimate of drug-likeness (QED) is 0.716. The predicted molar refractivity (Wildman–Crippen MR) is 95.5 cm³/mol. The SMILES string of the molecule is CCCCOC(=O)NC(C(=O)O)C(c1ccccc1)c1ccccc1. The van der Waals surface area contributed by atoms with Crippen LogP contribution in [0.15, 0.2) is 60.7 Å². The van der Waals surface area contributed by atoms with Gasteiger partial charge in [0.1, 0.15) is 6.04 Å². The molecule has 5 nitrogen and oxygen atoms in total. The molecule has 0 heterocycles. The van der Waals surface area contributed by atoms with E-state index < -0.39 is 24.0 Å². The van der Waals surface area contributed by atoms with E-state index in [9.17, 15) is 14.7 Å². The second-order valence-electron chi connectivity index (χ2n) is 5.75. The molecule has 0 aliphatic heterocycles. The molecule has 1 atom stereocenters. The summed E-state index contributed by atoms with van der Waals surface area (Å²) in [6.07, 6.45) is 0.927. The van der Waals surface area contributed by atoms with E-state index in [0.29, 0.717) is 0 Å². The number of carbonyl (C=O) groups is 2. The van der Waals surface area contributed by atoms with Crippen molar-refractivity contribution in [3.05, 3.63) is 71.8 Å². The normalized spacial score (nSPS) is 11.8. The predicted octanol–water partition coefficient (Wildman–Crippen LogP) is 3.80. The lowest BCUT2D eigenvalue weighted by molar-refractivity contribution is -0.139. The molecule has 0 aliphatic carbocycles. The van der Waals surface area contributed by atoms with Crippen LogP contribution in [0.25, 0.3) is 0 Å². The zero-order chi connectivity index (χ0) is 18.1. The number of ether oxygens (including phenoxy) is 1. The Morgan fingerprint density at radius 1 is 1.00 bits per heavy atom. The third-order valence-electron chi connectivity index (χ3n) is 3.92. The lowest BCUT2D eigenvalue weighted by atomic mass is 9.85. The maximum atomic E-state index is 12.0. The molecule has 1 unspecified atom stereocenters. The van der Waals surface area contributed by atoms with Gasteiger partial charge in [-0.05, 0) is 17.5 Å². The molecule has 0 bridgehead atoms. The zero-order valence-electron chi connectivity index (χ0n) is 14.2. The van der Waals surface area contributed by atoms with Crippen molar-refractivity contribution in [2.45, 2.75) is 31.7 Å². The van der Waals surface area contributed by atoms with Crippen LogP contribution < -0.4 is 5.32 Å². The van der Waals surface area contributed by atoms with Gasteiger partial charge in [0.15, 0.2) is 0 Å². The summed E-state index contributed by atoms with van der Waals surface area (Å²) in [6.45, 7) is 2.26. The van der Waals surface area contributed by atoms with E-state index in [1.54, 1.807) is 0 Å². The fourth-order valence-corrected chi connectivity index (χ4v) is 2.66. The van der Waals surface area contributed by atoms with E-state index >= 15 is 0 Å². The zero-order valence-corrected chi connectivity index (χ0v) is 14.2. The van der Waals surface area contributed by atoms with Crippen LogP contribution in [0.4, 0.5) is 4.79 Å². The first-order chi connectivity index (χ1) is 12.1. The molecule has 132 valence electrons. The van der Waals surface area contributed by atoms with Crippen molar-refractivity contribution in [3.8, 4) is 0 Å². The Morgan fingerprint density at radius 2 is 1.52 bits per heavy atom. The number of nitrogens with one attached hydrogen (secondary N) is 1. The molecule has 0 saturated heterocycles. The van der Waals surface area contributed by atoms with Crippen molar-refractivity contribution in [3.63, 3.8) is 0 Å². The highest BCUT2D eigenvalue weighted by Crippen LogP contribution is 2.28. The lowest BCUT2D eigenvalue weighted by Crippen LogP contribution is -2.45. The first-order valence-corrected chi connectivity index (χ1v) is 8.39. The molecule has 2 aromatic rings. The second kappa shape index (κ2) is 9.47. The number of alkyl carbamates (subject to hydrolysis) is 1. The Bertz CT molecular complexity index is 633. The van der Waals surface area contributed by atoms with Crippen LogP contribution >= 0.6 is 0 Å². The van der Waals surface area contributed by atoms with Crippen molar-refractivity contribution < 1.29 is 19.4 Å². The molecule has 0 spiro atoms. The number of carbonyl (C=O) groups excluding carboxylic acids is 1. The van der Waals surface area contributed by atoms with E-state index in [0.717, 1.165) is 24.0 Å². The summed E-state index contributed by atoms with van der Waals surface area (Å²) in [7, 11) is 0. The van der Waals surface area contributed by atoms with Crippen molar-refractivity contribution in [1.29, 1.82) is 0 Å². The number of rotatable bonds is 8.